The van der Waals surface area contributed by atoms with Crippen LogP contribution in [0.15, 0.2) is 30.3 Å². The molecule has 0 aromatic heterocycles. The molecule has 0 heterocycles. The van der Waals surface area contributed by atoms with Crippen molar-refractivity contribution in [3.8, 4) is 0 Å². The Kier molecular flexibility index (Phi) is 4.10. The lowest BCUT2D eigenvalue weighted by molar-refractivity contribution is -0.115. The van der Waals surface area contributed by atoms with E-state index >= 15 is 0 Å². The second-order valence-electron chi connectivity index (χ2n) is 2.64. The molecular weight excluding hydrogens is 182 g/mol. The van der Waals surface area contributed by atoms with Gasteiger partial charge in [0, 0.05) is 19.8 Å². The van der Waals surface area contributed by atoms with E-state index in [4.69, 9.17) is 9.47 Å². The smallest absolute Gasteiger partial charge is 0.255 e. The molecule has 0 aliphatic carbocycles. The van der Waals surface area contributed by atoms with Crippen LogP contribution in [0.5, 0.6) is 0 Å². The van der Waals surface area contributed by atoms with Crippen LogP contribution in [0.1, 0.15) is 10.4 Å². The van der Waals surface area contributed by atoms with Gasteiger partial charge in [0.1, 0.15) is 0 Å². The van der Waals surface area contributed by atoms with Gasteiger partial charge in [-0.2, -0.15) is 0 Å². The Bertz CT molecular complexity index is 283. The summed E-state index contributed by atoms with van der Waals surface area (Å²) in [4.78, 5) is 11.5. The fraction of sp³-hybridized carbons (Fsp3) is 0.300. The van der Waals surface area contributed by atoms with E-state index in [-0.39, 0.29) is 5.91 Å². The molecule has 0 saturated carbocycles. The third-order valence-corrected chi connectivity index (χ3v) is 1.71. The van der Waals surface area contributed by atoms with Gasteiger partial charge in [0.2, 0.25) is 6.41 Å². The van der Waals surface area contributed by atoms with E-state index in [0.29, 0.717) is 5.56 Å². The molecule has 76 valence electrons. The molecule has 0 spiro atoms. The molecule has 0 fully saturated rings. The normalized spacial score (nSPS) is 10.2. The zero-order valence-corrected chi connectivity index (χ0v) is 8.19. The van der Waals surface area contributed by atoms with Gasteiger partial charge in [-0.25, -0.2) is 0 Å². The molecule has 0 atom stereocenters. The highest BCUT2D eigenvalue weighted by Gasteiger charge is 2.10. The minimum Gasteiger partial charge on any atom is -0.339 e. The fourth-order valence-electron chi connectivity index (χ4n) is 0.994. The highest BCUT2D eigenvalue weighted by Crippen LogP contribution is 1.99. The first kappa shape index (κ1) is 10.7. The van der Waals surface area contributed by atoms with Crippen LogP contribution in [0.3, 0.4) is 0 Å². The van der Waals surface area contributed by atoms with Crippen molar-refractivity contribution in [1.29, 1.82) is 0 Å². The monoisotopic (exact) mass is 195 g/mol. The molecular formula is C10H13NO3. The summed E-state index contributed by atoms with van der Waals surface area (Å²) < 4.78 is 9.67. The Balaban J connectivity index is 2.59. The molecule has 0 unspecified atom stereocenters. The van der Waals surface area contributed by atoms with Crippen LogP contribution in [0.25, 0.3) is 0 Å². The lowest BCUT2D eigenvalue weighted by Crippen LogP contribution is -2.37. The van der Waals surface area contributed by atoms with Crippen molar-refractivity contribution in [2.45, 2.75) is 6.41 Å². The third kappa shape index (κ3) is 2.83. The number of rotatable bonds is 4. The van der Waals surface area contributed by atoms with E-state index in [9.17, 15) is 4.79 Å². The molecule has 4 nitrogen and oxygen atoms in total. The molecule has 0 saturated heterocycles. The lowest BCUT2D eigenvalue weighted by Gasteiger charge is -2.14. The van der Waals surface area contributed by atoms with Gasteiger partial charge in [-0.05, 0) is 12.1 Å². The van der Waals surface area contributed by atoms with Crippen LogP contribution in [-0.2, 0) is 9.47 Å². The number of methoxy groups -OCH3 is 2. The van der Waals surface area contributed by atoms with Gasteiger partial charge in [0.05, 0.1) is 0 Å². The van der Waals surface area contributed by atoms with Crippen molar-refractivity contribution < 1.29 is 14.3 Å². The SMILES string of the molecule is COC(NC(=O)c1ccccc1)OC. The maximum atomic E-state index is 11.5. The summed E-state index contributed by atoms with van der Waals surface area (Å²) in [5, 5.41) is 2.55. The number of carbonyl (C=O) groups excluding carboxylic acids is 1. The van der Waals surface area contributed by atoms with Crippen LogP contribution < -0.4 is 5.32 Å². The Labute approximate surface area is 82.8 Å². The zero-order chi connectivity index (χ0) is 10.4. The van der Waals surface area contributed by atoms with Crippen molar-refractivity contribution in [2.24, 2.45) is 0 Å². The van der Waals surface area contributed by atoms with E-state index in [1.165, 1.54) is 14.2 Å². The first-order valence-electron chi connectivity index (χ1n) is 4.19. The Morgan fingerprint density at radius 2 is 1.79 bits per heavy atom. The van der Waals surface area contributed by atoms with Crippen molar-refractivity contribution >= 4 is 5.91 Å². The first-order valence-corrected chi connectivity index (χ1v) is 4.19. The minimum absolute atomic E-state index is 0.223. The van der Waals surface area contributed by atoms with Gasteiger partial charge in [-0.1, -0.05) is 18.2 Å². The summed E-state index contributed by atoms with van der Waals surface area (Å²) in [6.45, 7) is 0. The van der Waals surface area contributed by atoms with E-state index in [1.54, 1.807) is 24.3 Å². The molecule has 1 N–H and O–H groups in total. The van der Waals surface area contributed by atoms with Crippen LogP contribution >= 0.6 is 0 Å². The fourth-order valence-corrected chi connectivity index (χ4v) is 0.994. The molecule has 0 bridgehead atoms. The molecule has 1 aromatic carbocycles. The van der Waals surface area contributed by atoms with Crippen molar-refractivity contribution in [1.82, 2.24) is 5.32 Å². The van der Waals surface area contributed by atoms with Crippen LogP contribution in [0, 0.1) is 0 Å². The predicted octanol–water partition coefficient (Wildman–Crippen LogP) is 0.993. The maximum absolute atomic E-state index is 11.5. The Morgan fingerprint density at radius 1 is 1.21 bits per heavy atom. The summed E-state index contributed by atoms with van der Waals surface area (Å²) in [7, 11) is 2.92. The summed E-state index contributed by atoms with van der Waals surface area (Å²) in [5.41, 5.74) is 0.576. The second kappa shape index (κ2) is 5.36. The van der Waals surface area contributed by atoms with Crippen LogP contribution in [0.2, 0.25) is 0 Å². The topological polar surface area (TPSA) is 47.6 Å². The molecule has 1 rings (SSSR count). The van der Waals surface area contributed by atoms with Gasteiger partial charge < -0.3 is 14.8 Å². The summed E-state index contributed by atoms with van der Waals surface area (Å²) in [6.07, 6.45) is -0.706. The minimum atomic E-state index is -0.706. The maximum Gasteiger partial charge on any atom is 0.255 e. The predicted molar refractivity (Wildman–Crippen MR) is 51.7 cm³/mol. The van der Waals surface area contributed by atoms with Crippen LogP contribution in [-0.4, -0.2) is 26.5 Å². The highest BCUT2D eigenvalue weighted by molar-refractivity contribution is 5.94. The highest BCUT2D eigenvalue weighted by atomic mass is 16.7. The Morgan fingerprint density at radius 3 is 2.29 bits per heavy atom. The standard InChI is InChI=1S/C10H13NO3/c1-13-10(14-2)11-9(12)8-6-4-3-5-7-8/h3-7,10H,1-2H3,(H,11,12). The summed E-state index contributed by atoms with van der Waals surface area (Å²) >= 11 is 0. The molecule has 1 amide bonds. The van der Waals surface area contributed by atoms with Gasteiger partial charge in [-0.3, -0.25) is 4.79 Å². The van der Waals surface area contributed by atoms with E-state index in [1.807, 2.05) is 6.07 Å². The zero-order valence-electron chi connectivity index (χ0n) is 8.19. The van der Waals surface area contributed by atoms with Gasteiger partial charge in [0.25, 0.3) is 5.91 Å². The summed E-state index contributed by atoms with van der Waals surface area (Å²) in [6, 6.07) is 8.88. The van der Waals surface area contributed by atoms with Gasteiger partial charge >= 0.3 is 0 Å². The summed E-state index contributed by atoms with van der Waals surface area (Å²) in [5.74, 6) is -0.223. The van der Waals surface area contributed by atoms with Crippen molar-refractivity contribution in [3.63, 3.8) is 0 Å². The second-order valence-corrected chi connectivity index (χ2v) is 2.64. The van der Waals surface area contributed by atoms with Gasteiger partial charge in [-0.15, -0.1) is 0 Å². The molecule has 14 heavy (non-hydrogen) atoms. The van der Waals surface area contributed by atoms with Crippen molar-refractivity contribution in [2.75, 3.05) is 14.2 Å². The van der Waals surface area contributed by atoms with Crippen LogP contribution in [0.4, 0.5) is 0 Å². The average Bonchev–Trinajstić information content (AvgIpc) is 2.26. The van der Waals surface area contributed by atoms with E-state index in [0.717, 1.165) is 0 Å². The number of nitrogens with one attached hydrogen (secondary N) is 1. The van der Waals surface area contributed by atoms with Gasteiger partial charge in [0.15, 0.2) is 0 Å². The lowest BCUT2D eigenvalue weighted by atomic mass is 10.2. The molecule has 0 aliphatic heterocycles. The van der Waals surface area contributed by atoms with E-state index in [2.05, 4.69) is 5.32 Å². The number of carbonyl (C=O) groups is 1. The number of hydrogen-bond donors (Lipinski definition) is 1. The Hall–Kier alpha value is -1.39. The van der Waals surface area contributed by atoms with Crippen molar-refractivity contribution in [3.05, 3.63) is 35.9 Å². The molecule has 0 radical (unpaired) electrons. The third-order valence-electron chi connectivity index (χ3n) is 1.71. The molecule has 1 aromatic rings. The average molecular weight is 195 g/mol. The quantitative estimate of drug-likeness (QED) is 0.729. The number of hydrogen-bond acceptors (Lipinski definition) is 3. The molecule has 4 heteroatoms. The number of amides is 1. The van der Waals surface area contributed by atoms with E-state index < -0.39 is 6.41 Å². The molecule has 0 aliphatic rings. The first-order chi connectivity index (χ1) is 6.77. The number of benzene rings is 1. The number of ether oxygens (including phenoxy) is 2. The largest absolute Gasteiger partial charge is 0.339 e.